The summed E-state index contributed by atoms with van der Waals surface area (Å²) in [6.07, 6.45) is 2.11. The highest BCUT2D eigenvalue weighted by molar-refractivity contribution is 7.91. The minimum atomic E-state index is -3.58. The maximum Gasteiger partial charge on any atom is 0.177 e. The van der Waals surface area contributed by atoms with Gasteiger partial charge in [0.15, 0.2) is 19.7 Å². The fourth-order valence-electron chi connectivity index (χ4n) is 2.33. The molecule has 25 heavy (non-hydrogen) atoms. The molecule has 0 saturated heterocycles. The summed E-state index contributed by atoms with van der Waals surface area (Å²) in [5.41, 5.74) is 2.40. The Hall–Kier alpha value is -2.06. The Bertz CT molecular complexity index is 981. The van der Waals surface area contributed by atoms with Crippen molar-refractivity contribution in [1.82, 2.24) is 0 Å². The van der Waals surface area contributed by atoms with Gasteiger partial charge in [-0.05, 0) is 35.9 Å². The summed E-state index contributed by atoms with van der Waals surface area (Å²) in [6, 6.07) is 11.9. The zero-order valence-electron chi connectivity index (χ0n) is 14.6. The van der Waals surface area contributed by atoms with Gasteiger partial charge in [0.05, 0.1) is 15.5 Å². The van der Waals surface area contributed by atoms with Crippen LogP contribution in [0.25, 0.3) is 0 Å². The SMILES string of the molecule is CN(C)c1cccc(CNc2ccc(S(C)(=O)=O)cc2S(C)(=O)=O)c1. The minimum Gasteiger partial charge on any atom is -0.380 e. The number of anilines is 2. The highest BCUT2D eigenvalue weighted by Gasteiger charge is 2.17. The molecule has 0 bridgehead atoms. The summed E-state index contributed by atoms with van der Waals surface area (Å²) in [5, 5.41) is 3.09. The zero-order chi connectivity index (χ0) is 18.8. The average Bonchev–Trinajstić information content (AvgIpc) is 2.51. The topological polar surface area (TPSA) is 83.6 Å². The van der Waals surface area contributed by atoms with Crippen molar-refractivity contribution >= 4 is 31.0 Å². The van der Waals surface area contributed by atoms with Gasteiger partial charge in [-0.25, -0.2) is 16.8 Å². The predicted molar refractivity (Wildman–Crippen MR) is 101 cm³/mol. The Morgan fingerprint density at radius 3 is 2.16 bits per heavy atom. The maximum absolute atomic E-state index is 12.0. The average molecular weight is 383 g/mol. The monoisotopic (exact) mass is 382 g/mol. The van der Waals surface area contributed by atoms with Gasteiger partial charge in [0, 0.05) is 38.8 Å². The molecule has 0 heterocycles. The number of hydrogen-bond acceptors (Lipinski definition) is 6. The van der Waals surface area contributed by atoms with E-state index in [9.17, 15) is 16.8 Å². The summed E-state index contributed by atoms with van der Waals surface area (Å²) in [4.78, 5) is 1.93. The minimum absolute atomic E-state index is 0.0203. The number of nitrogens with zero attached hydrogens (tertiary/aromatic N) is 1. The van der Waals surface area contributed by atoms with E-state index in [1.807, 2.05) is 43.3 Å². The smallest absolute Gasteiger partial charge is 0.177 e. The van der Waals surface area contributed by atoms with E-state index in [-0.39, 0.29) is 9.79 Å². The Morgan fingerprint density at radius 2 is 1.60 bits per heavy atom. The number of hydrogen-bond donors (Lipinski definition) is 1. The highest BCUT2D eigenvalue weighted by atomic mass is 32.2. The molecule has 0 aliphatic carbocycles. The lowest BCUT2D eigenvalue weighted by Crippen LogP contribution is -2.10. The first kappa shape index (κ1) is 19.3. The molecular weight excluding hydrogens is 360 g/mol. The number of benzene rings is 2. The van der Waals surface area contributed by atoms with Gasteiger partial charge in [-0.1, -0.05) is 12.1 Å². The standard InChI is InChI=1S/C17H22N2O4S2/c1-19(2)14-7-5-6-13(10-14)12-18-16-9-8-15(24(3,20)21)11-17(16)25(4,22)23/h5-11,18H,12H2,1-4H3. The molecule has 6 nitrogen and oxygen atoms in total. The van der Waals surface area contributed by atoms with E-state index in [0.717, 1.165) is 23.8 Å². The normalized spacial score (nSPS) is 12.0. The second-order valence-electron chi connectivity index (χ2n) is 6.12. The van der Waals surface area contributed by atoms with E-state index in [1.54, 1.807) is 0 Å². The molecular formula is C17H22N2O4S2. The van der Waals surface area contributed by atoms with E-state index < -0.39 is 19.7 Å². The van der Waals surface area contributed by atoms with Crippen molar-refractivity contribution < 1.29 is 16.8 Å². The molecule has 2 aromatic carbocycles. The molecule has 0 spiro atoms. The first-order valence-corrected chi connectivity index (χ1v) is 11.3. The largest absolute Gasteiger partial charge is 0.380 e. The lowest BCUT2D eigenvalue weighted by atomic mass is 10.2. The van der Waals surface area contributed by atoms with Gasteiger partial charge in [-0.2, -0.15) is 0 Å². The van der Waals surface area contributed by atoms with Crippen LogP contribution in [0.15, 0.2) is 52.3 Å². The Labute approximate surface area is 149 Å². The second kappa shape index (κ2) is 7.05. The van der Waals surface area contributed by atoms with E-state index >= 15 is 0 Å². The van der Waals surface area contributed by atoms with E-state index in [4.69, 9.17) is 0 Å². The van der Waals surface area contributed by atoms with Crippen molar-refractivity contribution in [1.29, 1.82) is 0 Å². The molecule has 0 aromatic heterocycles. The van der Waals surface area contributed by atoms with Crippen molar-refractivity contribution in [2.75, 3.05) is 36.8 Å². The molecule has 0 amide bonds. The number of sulfone groups is 2. The third-order valence-corrected chi connectivity index (χ3v) is 5.94. The van der Waals surface area contributed by atoms with Gasteiger partial charge < -0.3 is 10.2 Å². The van der Waals surface area contributed by atoms with Crippen molar-refractivity contribution in [2.24, 2.45) is 0 Å². The number of nitrogens with one attached hydrogen (secondary N) is 1. The van der Waals surface area contributed by atoms with Gasteiger partial charge in [-0.3, -0.25) is 0 Å². The summed E-state index contributed by atoms with van der Waals surface area (Å²) in [6.45, 7) is 0.419. The third-order valence-electron chi connectivity index (χ3n) is 3.69. The molecule has 0 atom stereocenters. The second-order valence-corrected chi connectivity index (χ2v) is 10.1. The summed E-state index contributed by atoms with van der Waals surface area (Å²) >= 11 is 0. The van der Waals surface area contributed by atoms with E-state index in [0.29, 0.717) is 12.2 Å². The maximum atomic E-state index is 12.0. The molecule has 0 unspecified atom stereocenters. The Balaban J connectivity index is 2.35. The molecule has 0 aliphatic rings. The van der Waals surface area contributed by atoms with Crippen LogP contribution in [0, 0.1) is 0 Å². The van der Waals surface area contributed by atoms with Crippen LogP contribution in [0.5, 0.6) is 0 Å². The molecule has 1 N–H and O–H groups in total. The Kier molecular flexibility index (Phi) is 5.43. The quantitative estimate of drug-likeness (QED) is 0.824. The first-order valence-electron chi connectivity index (χ1n) is 7.53. The molecule has 0 saturated carbocycles. The van der Waals surface area contributed by atoms with Crippen LogP contribution in [0.1, 0.15) is 5.56 Å². The first-order chi connectivity index (χ1) is 11.5. The van der Waals surface area contributed by atoms with E-state index in [1.165, 1.54) is 18.2 Å². The van der Waals surface area contributed by atoms with Crippen molar-refractivity contribution in [3.63, 3.8) is 0 Å². The molecule has 2 rings (SSSR count). The molecule has 8 heteroatoms. The molecule has 0 aliphatic heterocycles. The lowest BCUT2D eigenvalue weighted by molar-refractivity contribution is 0.600. The van der Waals surface area contributed by atoms with Crippen LogP contribution >= 0.6 is 0 Å². The van der Waals surface area contributed by atoms with Crippen molar-refractivity contribution in [3.05, 3.63) is 48.0 Å². The molecule has 2 aromatic rings. The van der Waals surface area contributed by atoms with Gasteiger partial charge >= 0.3 is 0 Å². The van der Waals surface area contributed by atoms with Crippen LogP contribution in [0.3, 0.4) is 0 Å². The summed E-state index contributed by atoms with van der Waals surface area (Å²) in [5.74, 6) is 0. The van der Waals surface area contributed by atoms with Gasteiger partial charge in [0.2, 0.25) is 0 Å². The molecule has 0 fully saturated rings. The van der Waals surface area contributed by atoms with Gasteiger partial charge in [-0.15, -0.1) is 0 Å². The van der Waals surface area contributed by atoms with Gasteiger partial charge in [0.25, 0.3) is 0 Å². The predicted octanol–water partition coefficient (Wildman–Crippen LogP) is 2.17. The highest BCUT2D eigenvalue weighted by Crippen LogP contribution is 2.26. The summed E-state index contributed by atoms with van der Waals surface area (Å²) < 4.78 is 47.5. The Morgan fingerprint density at radius 1 is 0.920 bits per heavy atom. The van der Waals surface area contributed by atoms with Crippen LogP contribution in [-0.4, -0.2) is 43.4 Å². The van der Waals surface area contributed by atoms with Crippen molar-refractivity contribution in [2.45, 2.75) is 16.3 Å². The molecule has 136 valence electrons. The van der Waals surface area contributed by atoms with Gasteiger partial charge in [0.1, 0.15) is 0 Å². The fourth-order valence-corrected chi connectivity index (χ4v) is 3.93. The van der Waals surface area contributed by atoms with Crippen LogP contribution < -0.4 is 10.2 Å². The van der Waals surface area contributed by atoms with Crippen LogP contribution in [0.2, 0.25) is 0 Å². The van der Waals surface area contributed by atoms with Crippen LogP contribution in [0.4, 0.5) is 11.4 Å². The lowest BCUT2D eigenvalue weighted by Gasteiger charge is -2.15. The molecule has 0 radical (unpaired) electrons. The zero-order valence-corrected chi connectivity index (χ0v) is 16.3. The van der Waals surface area contributed by atoms with Crippen molar-refractivity contribution in [3.8, 4) is 0 Å². The summed E-state index contributed by atoms with van der Waals surface area (Å²) in [7, 11) is -3.17. The van der Waals surface area contributed by atoms with E-state index in [2.05, 4.69) is 5.32 Å². The third kappa shape index (κ3) is 4.96. The van der Waals surface area contributed by atoms with Crippen LogP contribution in [-0.2, 0) is 26.2 Å². The number of rotatable bonds is 6. The fraction of sp³-hybridized carbons (Fsp3) is 0.294.